The minimum Gasteiger partial charge on any atom is -0.497 e. The van der Waals surface area contributed by atoms with E-state index in [9.17, 15) is 19.2 Å². The molecule has 1 aliphatic rings. The highest BCUT2D eigenvalue weighted by molar-refractivity contribution is 5.94. The molecule has 0 bridgehead atoms. The summed E-state index contributed by atoms with van der Waals surface area (Å²) in [6, 6.07) is 16.9. The molecule has 0 aliphatic carbocycles. The van der Waals surface area contributed by atoms with Gasteiger partial charge in [-0.2, -0.15) is 5.26 Å². The van der Waals surface area contributed by atoms with Crippen molar-refractivity contribution in [3.8, 4) is 11.8 Å². The van der Waals surface area contributed by atoms with Crippen LogP contribution >= 0.6 is 0 Å². The molecule has 1 aromatic heterocycles. The molecule has 4 rings (SSSR count). The highest BCUT2D eigenvalue weighted by atomic mass is 19.1. The molecule has 1 amide bonds. The molecule has 0 saturated carbocycles. The molecule has 2 heterocycles. The van der Waals surface area contributed by atoms with Gasteiger partial charge in [0.1, 0.15) is 23.2 Å². The highest BCUT2D eigenvalue weighted by Crippen LogP contribution is 2.24. The van der Waals surface area contributed by atoms with Crippen molar-refractivity contribution in [1.29, 1.82) is 5.26 Å². The molecular formula is C31H31FN4O3. The molecule has 0 radical (unpaired) electrons. The number of amides is 1. The average Bonchev–Trinajstić information content (AvgIpc) is 2.98. The molecule has 200 valence electrons. The molecule has 8 heteroatoms. The third-order valence-corrected chi connectivity index (χ3v) is 6.93. The normalized spacial score (nSPS) is 13.6. The lowest BCUT2D eigenvalue weighted by Crippen LogP contribution is -2.49. The first-order chi connectivity index (χ1) is 18.9. The van der Waals surface area contributed by atoms with Crippen LogP contribution in [-0.2, 0) is 6.54 Å². The van der Waals surface area contributed by atoms with Gasteiger partial charge in [0.15, 0.2) is 0 Å². The largest absolute Gasteiger partial charge is 0.497 e. The molecule has 1 saturated heterocycles. The Hall–Kier alpha value is -4.64. The molecule has 0 spiro atoms. The van der Waals surface area contributed by atoms with E-state index >= 15 is 0 Å². The van der Waals surface area contributed by atoms with Crippen molar-refractivity contribution in [3.63, 3.8) is 0 Å². The molecular weight excluding hydrogens is 495 g/mol. The summed E-state index contributed by atoms with van der Waals surface area (Å²) in [5, 5.41) is 10.0. The van der Waals surface area contributed by atoms with Gasteiger partial charge in [-0.15, -0.1) is 0 Å². The van der Waals surface area contributed by atoms with E-state index < -0.39 is 5.56 Å². The number of carbonyl (C=O) groups is 1. The van der Waals surface area contributed by atoms with E-state index in [-0.39, 0.29) is 23.8 Å². The number of halogens is 1. The van der Waals surface area contributed by atoms with Crippen LogP contribution in [0.4, 0.5) is 10.1 Å². The fourth-order valence-electron chi connectivity index (χ4n) is 4.62. The second-order valence-electron chi connectivity index (χ2n) is 9.24. The van der Waals surface area contributed by atoms with Crippen LogP contribution in [0.15, 0.2) is 77.6 Å². The van der Waals surface area contributed by atoms with Crippen LogP contribution in [-0.4, -0.2) is 48.7 Å². The Morgan fingerprint density at radius 3 is 2.33 bits per heavy atom. The number of nitriles is 1. The Morgan fingerprint density at radius 1 is 1.10 bits per heavy atom. The van der Waals surface area contributed by atoms with E-state index in [4.69, 9.17) is 4.74 Å². The number of allylic oxidation sites excluding steroid dienone is 2. The summed E-state index contributed by atoms with van der Waals surface area (Å²) in [6.07, 6.45) is 4.36. The molecule has 39 heavy (non-hydrogen) atoms. The van der Waals surface area contributed by atoms with Crippen LogP contribution in [0.5, 0.6) is 5.75 Å². The van der Waals surface area contributed by atoms with Gasteiger partial charge in [0.25, 0.3) is 11.5 Å². The Balaban J connectivity index is 1.65. The zero-order valence-corrected chi connectivity index (χ0v) is 22.2. The Labute approximate surface area is 227 Å². The molecule has 0 N–H and O–H groups in total. The lowest BCUT2D eigenvalue weighted by atomic mass is 10.1. The SMILES string of the molecule is C=C/C(=C\c1cc(N2CCN(C(=O)c3ccc(OC)cc3)CC2)c(C#N)c(=O)n1Cc1ccc(F)cc1)CC. The van der Waals surface area contributed by atoms with Gasteiger partial charge in [0.05, 0.1) is 19.3 Å². The molecule has 0 unspecified atom stereocenters. The smallest absolute Gasteiger partial charge is 0.271 e. The maximum Gasteiger partial charge on any atom is 0.271 e. The Bertz CT molecular complexity index is 1480. The number of rotatable bonds is 8. The second-order valence-corrected chi connectivity index (χ2v) is 9.24. The van der Waals surface area contributed by atoms with Crippen LogP contribution in [0.3, 0.4) is 0 Å². The zero-order chi connectivity index (χ0) is 27.9. The predicted octanol–water partition coefficient (Wildman–Crippen LogP) is 4.86. The summed E-state index contributed by atoms with van der Waals surface area (Å²) in [7, 11) is 1.58. The summed E-state index contributed by atoms with van der Waals surface area (Å²) < 4.78 is 20.2. The molecule has 7 nitrogen and oxygen atoms in total. The average molecular weight is 527 g/mol. The number of ether oxygens (including phenoxy) is 1. The van der Waals surface area contributed by atoms with Gasteiger partial charge >= 0.3 is 0 Å². The van der Waals surface area contributed by atoms with Crippen molar-refractivity contribution in [2.75, 3.05) is 38.2 Å². The second kappa shape index (κ2) is 12.3. The lowest BCUT2D eigenvalue weighted by molar-refractivity contribution is 0.0746. The standard InChI is InChI=1S/C31H31FN4O3/c1-4-22(5-2)18-26-19-29(28(20-33)31(38)36(26)21-23-6-10-25(32)11-7-23)34-14-16-35(17-15-34)30(37)24-8-12-27(39-3)13-9-24/h4,6-13,18-19H,1,5,14-17,21H2,2-3H3/b22-18+. The summed E-state index contributed by atoms with van der Waals surface area (Å²) in [5.74, 6) is 0.251. The van der Waals surface area contributed by atoms with E-state index in [1.54, 1.807) is 54.5 Å². The van der Waals surface area contributed by atoms with Gasteiger partial charge in [0, 0.05) is 37.4 Å². The number of anilines is 1. The fraction of sp³-hybridized carbons (Fsp3) is 0.258. The number of hydrogen-bond donors (Lipinski definition) is 0. The molecule has 1 aliphatic heterocycles. The van der Waals surface area contributed by atoms with E-state index in [1.807, 2.05) is 24.0 Å². The zero-order valence-electron chi connectivity index (χ0n) is 22.2. The van der Waals surface area contributed by atoms with Gasteiger partial charge in [-0.25, -0.2) is 4.39 Å². The minimum atomic E-state index is -0.415. The van der Waals surface area contributed by atoms with Gasteiger partial charge in [-0.1, -0.05) is 31.7 Å². The van der Waals surface area contributed by atoms with Gasteiger partial charge in [-0.3, -0.25) is 9.59 Å². The van der Waals surface area contributed by atoms with Crippen LogP contribution in [0.1, 0.15) is 40.5 Å². The lowest BCUT2D eigenvalue weighted by Gasteiger charge is -2.36. The van der Waals surface area contributed by atoms with Crippen LogP contribution < -0.4 is 15.2 Å². The first-order valence-electron chi connectivity index (χ1n) is 12.8. The van der Waals surface area contributed by atoms with E-state index in [0.717, 1.165) is 17.6 Å². The fourth-order valence-corrected chi connectivity index (χ4v) is 4.62. The first-order valence-corrected chi connectivity index (χ1v) is 12.8. The summed E-state index contributed by atoms with van der Waals surface area (Å²) in [6.45, 7) is 7.92. The number of hydrogen-bond acceptors (Lipinski definition) is 5. The van der Waals surface area contributed by atoms with Gasteiger partial charge < -0.3 is 19.1 Å². The molecule has 2 aromatic carbocycles. The number of nitrogens with zero attached hydrogens (tertiary/aromatic N) is 4. The first kappa shape index (κ1) is 27.4. The highest BCUT2D eigenvalue weighted by Gasteiger charge is 2.26. The van der Waals surface area contributed by atoms with Crippen molar-refractivity contribution in [3.05, 3.63) is 111 Å². The third kappa shape index (κ3) is 6.10. The molecule has 3 aromatic rings. The summed E-state index contributed by atoms with van der Waals surface area (Å²) in [4.78, 5) is 30.4. The minimum absolute atomic E-state index is 0.0424. The number of piperazine rings is 1. The van der Waals surface area contributed by atoms with Crippen LogP contribution in [0.25, 0.3) is 6.08 Å². The Kier molecular flexibility index (Phi) is 8.62. The topological polar surface area (TPSA) is 78.6 Å². The van der Waals surface area contributed by atoms with Gasteiger partial charge in [0.2, 0.25) is 0 Å². The Morgan fingerprint density at radius 2 is 1.77 bits per heavy atom. The third-order valence-electron chi connectivity index (χ3n) is 6.93. The number of aromatic nitrogens is 1. The number of benzene rings is 2. The summed E-state index contributed by atoms with van der Waals surface area (Å²) >= 11 is 0. The number of pyridine rings is 1. The maximum atomic E-state index is 13.6. The van der Waals surface area contributed by atoms with Crippen molar-refractivity contribution < 1.29 is 13.9 Å². The quantitative estimate of drug-likeness (QED) is 0.392. The van der Waals surface area contributed by atoms with Crippen LogP contribution in [0, 0.1) is 17.1 Å². The van der Waals surface area contributed by atoms with Crippen molar-refractivity contribution in [2.24, 2.45) is 0 Å². The predicted molar refractivity (Wildman–Crippen MR) is 150 cm³/mol. The van der Waals surface area contributed by atoms with Crippen molar-refractivity contribution in [1.82, 2.24) is 9.47 Å². The monoisotopic (exact) mass is 526 g/mol. The van der Waals surface area contributed by atoms with E-state index in [1.165, 1.54) is 16.7 Å². The van der Waals surface area contributed by atoms with Crippen LogP contribution in [0.2, 0.25) is 0 Å². The molecule has 0 atom stereocenters. The summed E-state index contributed by atoms with van der Waals surface area (Å²) in [5.41, 5.74) is 3.06. The maximum absolute atomic E-state index is 13.6. The van der Waals surface area contributed by atoms with Gasteiger partial charge in [-0.05, 0) is 66.1 Å². The number of methoxy groups -OCH3 is 1. The number of carbonyl (C=O) groups excluding carboxylic acids is 1. The molecule has 1 fully saturated rings. The van der Waals surface area contributed by atoms with E-state index in [2.05, 4.69) is 12.6 Å². The van der Waals surface area contributed by atoms with Crippen molar-refractivity contribution >= 4 is 17.7 Å². The van der Waals surface area contributed by atoms with Crippen molar-refractivity contribution in [2.45, 2.75) is 19.9 Å². The van der Waals surface area contributed by atoms with E-state index in [0.29, 0.717) is 48.9 Å².